The fourth-order valence-corrected chi connectivity index (χ4v) is 1.86. The van der Waals surface area contributed by atoms with Gasteiger partial charge in [-0.05, 0) is 18.6 Å². The molecular weight excluding hydrogens is 182 g/mol. The van der Waals surface area contributed by atoms with Crippen LogP contribution in [0, 0.1) is 0 Å². The maximum atomic E-state index is 4.00. The van der Waals surface area contributed by atoms with Crippen molar-refractivity contribution in [2.75, 3.05) is 5.32 Å². The van der Waals surface area contributed by atoms with E-state index in [9.17, 15) is 0 Å². The molecule has 1 aromatic carbocycles. The van der Waals surface area contributed by atoms with E-state index in [1.165, 1.54) is 11.3 Å². The van der Waals surface area contributed by atoms with Crippen LogP contribution in [-0.4, -0.2) is 0 Å². The average Bonchev–Trinajstić information content (AvgIpc) is 2.56. The molecule has 1 atom stereocenters. The van der Waals surface area contributed by atoms with Crippen LogP contribution in [0.15, 0.2) is 61.9 Å². The molecule has 0 aromatic heterocycles. The summed E-state index contributed by atoms with van der Waals surface area (Å²) < 4.78 is 0. The molecule has 1 N–H and O–H groups in total. The van der Waals surface area contributed by atoms with E-state index in [0.29, 0.717) is 0 Å². The quantitative estimate of drug-likeness (QED) is 0.672. The van der Waals surface area contributed by atoms with E-state index in [4.69, 9.17) is 0 Å². The SMILES string of the molecule is C=C.C=C(C)C1C(=C)Nc2ccccc21. The molecule has 78 valence electrons. The van der Waals surface area contributed by atoms with Gasteiger partial charge in [-0.2, -0.15) is 0 Å². The standard InChI is InChI=1S/C12H13N.C2H4/c1-8(2)12-9(3)13-11-7-5-4-6-10(11)12;1-2/h4-7,12-13H,1,3H2,2H3;1-2H2. The van der Waals surface area contributed by atoms with Crippen molar-refractivity contribution in [2.24, 2.45) is 0 Å². The summed E-state index contributed by atoms with van der Waals surface area (Å²) in [6.45, 7) is 16.0. The Labute approximate surface area is 91.8 Å². The van der Waals surface area contributed by atoms with Crippen LogP contribution in [-0.2, 0) is 0 Å². The Morgan fingerprint density at radius 3 is 2.47 bits per heavy atom. The number of hydrogen-bond acceptors (Lipinski definition) is 1. The molecule has 0 fully saturated rings. The molecule has 0 spiro atoms. The van der Waals surface area contributed by atoms with E-state index in [0.717, 1.165) is 11.3 Å². The predicted octanol–water partition coefficient (Wildman–Crippen LogP) is 4.09. The normalized spacial score (nSPS) is 17.1. The molecular formula is C14H17N. The first-order valence-corrected chi connectivity index (χ1v) is 4.90. The van der Waals surface area contributed by atoms with Gasteiger partial charge >= 0.3 is 0 Å². The number of para-hydroxylation sites is 1. The van der Waals surface area contributed by atoms with Gasteiger partial charge < -0.3 is 5.32 Å². The molecule has 0 saturated heterocycles. The number of fused-ring (bicyclic) bond motifs is 1. The van der Waals surface area contributed by atoms with Crippen LogP contribution >= 0.6 is 0 Å². The van der Waals surface area contributed by atoms with E-state index < -0.39 is 0 Å². The smallest absolute Gasteiger partial charge is 0.0459 e. The third-order valence-electron chi connectivity index (χ3n) is 2.41. The second-order valence-electron chi connectivity index (χ2n) is 3.52. The van der Waals surface area contributed by atoms with Crippen molar-refractivity contribution in [2.45, 2.75) is 12.8 Å². The number of nitrogens with one attached hydrogen (secondary N) is 1. The fourth-order valence-electron chi connectivity index (χ4n) is 1.86. The highest BCUT2D eigenvalue weighted by molar-refractivity contribution is 5.67. The molecule has 1 unspecified atom stereocenters. The Kier molecular flexibility index (Phi) is 3.51. The highest BCUT2D eigenvalue weighted by Gasteiger charge is 2.25. The van der Waals surface area contributed by atoms with E-state index >= 15 is 0 Å². The first kappa shape index (κ1) is 11.3. The summed E-state index contributed by atoms with van der Waals surface area (Å²) in [4.78, 5) is 0. The van der Waals surface area contributed by atoms with Crippen LogP contribution in [0.2, 0.25) is 0 Å². The van der Waals surface area contributed by atoms with Crippen molar-refractivity contribution < 1.29 is 0 Å². The summed E-state index contributed by atoms with van der Waals surface area (Å²) in [6.07, 6.45) is 0. The van der Waals surface area contributed by atoms with Crippen molar-refractivity contribution in [3.63, 3.8) is 0 Å². The van der Waals surface area contributed by atoms with Crippen molar-refractivity contribution in [3.05, 3.63) is 67.4 Å². The summed E-state index contributed by atoms with van der Waals surface area (Å²) in [5, 5.41) is 3.27. The first-order valence-electron chi connectivity index (χ1n) is 4.90. The molecule has 2 rings (SSSR count). The Morgan fingerprint density at radius 1 is 1.27 bits per heavy atom. The molecule has 0 aliphatic carbocycles. The monoisotopic (exact) mass is 199 g/mol. The summed E-state index contributed by atoms with van der Waals surface area (Å²) in [5.41, 5.74) is 4.64. The maximum Gasteiger partial charge on any atom is 0.0459 e. The van der Waals surface area contributed by atoms with Gasteiger partial charge in [-0.15, -0.1) is 13.2 Å². The van der Waals surface area contributed by atoms with Gasteiger partial charge in [0.05, 0.1) is 0 Å². The number of anilines is 1. The van der Waals surface area contributed by atoms with Crippen LogP contribution < -0.4 is 5.32 Å². The van der Waals surface area contributed by atoms with E-state index in [1.807, 2.05) is 13.0 Å². The van der Waals surface area contributed by atoms with Gasteiger partial charge in [0.2, 0.25) is 0 Å². The number of rotatable bonds is 1. The molecule has 0 amide bonds. The highest BCUT2D eigenvalue weighted by atomic mass is 14.9. The second kappa shape index (κ2) is 4.65. The summed E-state index contributed by atoms with van der Waals surface area (Å²) in [6, 6.07) is 8.28. The van der Waals surface area contributed by atoms with Gasteiger partial charge in [-0.1, -0.05) is 36.9 Å². The minimum Gasteiger partial charge on any atom is -0.358 e. The summed E-state index contributed by atoms with van der Waals surface area (Å²) >= 11 is 0. The van der Waals surface area contributed by atoms with E-state index in [1.54, 1.807) is 0 Å². The van der Waals surface area contributed by atoms with Gasteiger partial charge in [-0.25, -0.2) is 0 Å². The van der Waals surface area contributed by atoms with Gasteiger partial charge in [0.15, 0.2) is 0 Å². The Hall–Kier alpha value is -1.76. The molecule has 0 radical (unpaired) electrons. The molecule has 1 aliphatic heterocycles. The molecule has 0 bridgehead atoms. The molecule has 1 heteroatoms. The lowest BCUT2D eigenvalue weighted by molar-refractivity contribution is 0.982. The molecule has 1 aromatic rings. The number of hydrogen-bond donors (Lipinski definition) is 1. The van der Waals surface area contributed by atoms with Gasteiger partial charge in [0.1, 0.15) is 0 Å². The van der Waals surface area contributed by atoms with Crippen molar-refractivity contribution in [1.29, 1.82) is 0 Å². The van der Waals surface area contributed by atoms with Crippen LogP contribution in [0.5, 0.6) is 0 Å². The zero-order valence-corrected chi connectivity index (χ0v) is 9.22. The third-order valence-corrected chi connectivity index (χ3v) is 2.41. The fraction of sp³-hybridized carbons (Fsp3) is 0.143. The molecule has 15 heavy (non-hydrogen) atoms. The zero-order chi connectivity index (χ0) is 11.4. The van der Waals surface area contributed by atoms with Crippen LogP contribution in [0.3, 0.4) is 0 Å². The maximum absolute atomic E-state index is 4.00. The van der Waals surface area contributed by atoms with Crippen LogP contribution in [0.25, 0.3) is 0 Å². The topological polar surface area (TPSA) is 12.0 Å². The highest BCUT2D eigenvalue weighted by Crippen LogP contribution is 2.40. The minimum absolute atomic E-state index is 0.288. The Bertz CT molecular complexity index is 390. The second-order valence-corrected chi connectivity index (χ2v) is 3.52. The van der Waals surface area contributed by atoms with Gasteiger partial charge in [0, 0.05) is 17.3 Å². The minimum atomic E-state index is 0.288. The van der Waals surface area contributed by atoms with Crippen molar-refractivity contribution >= 4 is 5.69 Å². The largest absolute Gasteiger partial charge is 0.358 e. The van der Waals surface area contributed by atoms with E-state index in [2.05, 4.69) is 49.8 Å². The summed E-state index contributed by atoms with van der Waals surface area (Å²) in [7, 11) is 0. The summed E-state index contributed by atoms with van der Waals surface area (Å²) in [5.74, 6) is 0.288. The third kappa shape index (κ3) is 2.01. The van der Waals surface area contributed by atoms with Crippen molar-refractivity contribution in [3.8, 4) is 0 Å². The lowest BCUT2D eigenvalue weighted by Crippen LogP contribution is -1.98. The zero-order valence-electron chi connectivity index (χ0n) is 9.22. The van der Waals surface area contributed by atoms with Crippen LogP contribution in [0.4, 0.5) is 5.69 Å². The molecule has 0 saturated carbocycles. The number of benzene rings is 1. The Balaban J connectivity index is 0.000000531. The van der Waals surface area contributed by atoms with Crippen LogP contribution in [0.1, 0.15) is 18.4 Å². The number of allylic oxidation sites excluding steroid dienone is 1. The molecule has 1 nitrogen and oxygen atoms in total. The molecule has 1 aliphatic rings. The average molecular weight is 199 g/mol. The lowest BCUT2D eigenvalue weighted by Gasteiger charge is -2.10. The predicted molar refractivity (Wildman–Crippen MR) is 68.0 cm³/mol. The Morgan fingerprint density at radius 2 is 1.87 bits per heavy atom. The van der Waals surface area contributed by atoms with Gasteiger partial charge in [0.25, 0.3) is 0 Å². The van der Waals surface area contributed by atoms with Gasteiger partial charge in [-0.3, -0.25) is 0 Å². The first-order chi connectivity index (χ1) is 7.20. The van der Waals surface area contributed by atoms with Crippen molar-refractivity contribution in [1.82, 2.24) is 0 Å². The van der Waals surface area contributed by atoms with E-state index in [-0.39, 0.29) is 5.92 Å². The molecule has 1 heterocycles. The lowest BCUT2D eigenvalue weighted by atomic mass is 9.93.